The van der Waals surface area contributed by atoms with Gasteiger partial charge in [-0.2, -0.15) is 5.26 Å². The van der Waals surface area contributed by atoms with Crippen molar-refractivity contribution >= 4 is 29.2 Å². The molecule has 0 aromatic heterocycles. The number of rotatable bonds is 6. The predicted molar refractivity (Wildman–Crippen MR) is 100 cm³/mol. The van der Waals surface area contributed by atoms with Crippen LogP contribution in [0.3, 0.4) is 0 Å². The van der Waals surface area contributed by atoms with E-state index in [9.17, 15) is 19.6 Å². The minimum atomic E-state index is -0.439. The van der Waals surface area contributed by atoms with Crippen LogP contribution in [0, 0.1) is 11.3 Å². The number of benzene rings is 2. The van der Waals surface area contributed by atoms with Crippen molar-refractivity contribution in [2.75, 3.05) is 23.4 Å². The molecule has 0 atom stereocenters. The fraction of sp³-hybridized carbons (Fsp3) is 0.200. The maximum absolute atomic E-state index is 12.3. The molecule has 2 amide bonds. The van der Waals surface area contributed by atoms with E-state index in [-0.39, 0.29) is 19.1 Å². The van der Waals surface area contributed by atoms with E-state index >= 15 is 0 Å². The Hall–Kier alpha value is -3.66. The van der Waals surface area contributed by atoms with Gasteiger partial charge in [0.25, 0.3) is 0 Å². The van der Waals surface area contributed by atoms with Crippen molar-refractivity contribution in [3.05, 3.63) is 59.7 Å². The van der Waals surface area contributed by atoms with Crippen LogP contribution in [0.4, 0.5) is 11.4 Å². The van der Waals surface area contributed by atoms with E-state index in [4.69, 9.17) is 4.74 Å². The van der Waals surface area contributed by atoms with Crippen LogP contribution in [0.25, 0.3) is 0 Å². The summed E-state index contributed by atoms with van der Waals surface area (Å²) in [6.07, 6.45) is 0. The number of nitriles is 1. The number of carbonyl (C=O) groups is 3. The third kappa shape index (κ3) is 5.16. The van der Waals surface area contributed by atoms with Crippen LogP contribution in [0.15, 0.2) is 48.5 Å². The predicted octanol–water partition coefficient (Wildman–Crippen LogP) is 2.73. The highest BCUT2D eigenvalue weighted by Gasteiger charge is 2.18. The van der Waals surface area contributed by atoms with Crippen LogP contribution in [0.1, 0.15) is 29.8 Å². The van der Waals surface area contributed by atoms with Gasteiger partial charge < -0.3 is 15.0 Å². The van der Waals surface area contributed by atoms with Crippen molar-refractivity contribution in [1.29, 1.82) is 5.26 Å². The van der Waals surface area contributed by atoms with Gasteiger partial charge in [-0.25, -0.2) is 4.79 Å². The van der Waals surface area contributed by atoms with Gasteiger partial charge in [-0.1, -0.05) is 12.1 Å². The molecular formula is C20H19N3O4. The summed E-state index contributed by atoms with van der Waals surface area (Å²) in [6.45, 7) is 3.09. The molecule has 0 heterocycles. The molecule has 2 rings (SSSR count). The van der Waals surface area contributed by atoms with E-state index in [2.05, 4.69) is 5.32 Å². The summed E-state index contributed by atoms with van der Waals surface area (Å²) in [5.41, 5.74) is 1.54. The summed E-state index contributed by atoms with van der Waals surface area (Å²) < 4.78 is 4.90. The van der Waals surface area contributed by atoms with Crippen LogP contribution >= 0.6 is 0 Å². The maximum Gasteiger partial charge on any atom is 0.338 e. The standard InChI is InChI=1S/C20H19N3O4/c1-3-27-20(26)15-8-10-17(11-9-15)22-19(25)13-23(14(2)24)18-7-5-4-6-16(18)12-21/h4-11H,3,13H2,1-2H3,(H,22,25). The highest BCUT2D eigenvalue weighted by Crippen LogP contribution is 2.20. The zero-order chi connectivity index (χ0) is 19.8. The number of nitrogens with zero attached hydrogens (tertiary/aromatic N) is 2. The number of ether oxygens (including phenoxy) is 1. The van der Waals surface area contributed by atoms with Gasteiger partial charge in [-0.05, 0) is 43.3 Å². The van der Waals surface area contributed by atoms with Crippen LogP contribution in [0.2, 0.25) is 0 Å². The molecule has 0 aliphatic heterocycles. The number of para-hydroxylation sites is 1. The number of hydrogen-bond donors (Lipinski definition) is 1. The fourth-order valence-electron chi connectivity index (χ4n) is 2.42. The summed E-state index contributed by atoms with van der Waals surface area (Å²) in [6, 6.07) is 14.8. The Bertz CT molecular complexity index is 885. The van der Waals surface area contributed by atoms with Gasteiger partial charge in [0.05, 0.1) is 23.4 Å². The summed E-state index contributed by atoms with van der Waals surface area (Å²) in [7, 11) is 0. The lowest BCUT2D eigenvalue weighted by Crippen LogP contribution is -2.37. The summed E-state index contributed by atoms with van der Waals surface area (Å²) >= 11 is 0. The molecule has 0 radical (unpaired) electrons. The second kappa shape index (κ2) is 9.15. The molecule has 7 nitrogen and oxygen atoms in total. The van der Waals surface area contributed by atoms with E-state index in [1.54, 1.807) is 55.5 Å². The average Bonchev–Trinajstić information content (AvgIpc) is 2.66. The Morgan fingerprint density at radius 3 is 2.37 bits per heavy atom. The molecule has 0 aliphatic carbocycles. The van der Waals surface area contributed by atoms with Crippen LogP contribution in [0.5, 0.6) is 0 Å². The van der Waals surface area contributed by atoms with E-state index in [0.29, 0.717) is 22.5 Å². The fourth-order valence-corrected chi connectivity index (χ4v) is 2.42. The third-order valence-electron chi connectivity index (χ3n) is 3.68. The van der Waals surface area contributed by atoms with Crippen molar-refractivity contribution in [3.63, 3.8) is 0 Å². The molecule has 2 aromatic rings. The van der Waals surface area contributed by atoms with E-state index in [0.717, 1.165) is 0 Å². The first kappa shape index (κ1) is 19.7. The van der Waals surface area contributed by atoms with Gasteiger partial charge in [-0.3, -0.25) is 9.59 Å². The van der Waals surface area contributed by atoms with Gasteiger partial charge in [0.15, 0.2) is 0 Å². The van der Waals surface area contributed by atoms with Gasteiger partial charge in [-0.15, -0.1) is 0 Å². The summed E-state index contributed by atoms with van der Waals surface area (Å²) in [5.74, 6) is -1.22. The van der Waals surface area contributed by atoms with Gasteiger partial charge >= 0.3 is 5.97 Å². The lowest BCUT2D eigenvalue weighted by molar-refractivity contribution is -0.120. The normalized spacial score (nSPS) is 9.81. The molecule has 0 bridgehead atoms. The molecule has 27 heavy (non-hydrogen) atoms. The van der Waals surface area contributed by atoms with Crippen LogP contribution in [-0.2, 0) is 14.3 Å². The van der Waals surface area contributed by atoms with Gasteiger partial charge in [0, 0.05) is 12.6 Å². The molecule has 2 aromatic carbocycles. The van der Waals surface area contributed by atoms with Crippen LogP contribution < -0.4 is 10.2 Å². The molecule has 0 saturated heterocycles. The van der Waals surface area contributed by atoms with Crippen molar-refractivity contribution < 1.29 is 19.1 Å². The minimum absolute atomic E-state index is 0.242. The zero-order valence-electron chi connectivity index (χ0n) is 15.1. The number of hydrogen-bond acceptors (Lipinski definition) is 5. The Morgan fingerprint density at radius 2 is 1.78 bits per heavy atom. The monoisotopic (exact) mass is 365 g/mol. The number of esters is 1. The molecule has 138 valence electrons. The summed E-state index contributed by atoms with van der Waals surface area (Å²) in [5, 5.41) is 11.9. The number of amides is 2. The first-order chi connectivity index (χ1) is 13.0. The molecular weight excluding hydrogens is 346 g/mol. The highest BCUT2D eigenvalue weighted by atomic mass is 16.5. The van der Waals surface area contributed by atoms with Crippen molar-refractivity contribution in [3.8, 4) is 6.07 Å². The minimum Gasteiger partial charge on any atom is -0.462 e. The first-order valence-corrected chi connectivity index (χ1v) is 8.30. The Balaban J connectivity index is 2.10. The first-order valence-electron chi connectivity index (χ1n) is 8.30. The van der Waals surface area contributed by atoms with Crippen molar-refractivity contribution in [2.45, 2.75) is 13.8 Å². The van der Waals surface area contributed by atoms with E-state index < -0.39 is 11.9 Å². The molecule has 0 unspecified atom stereocenters. The van der Waals surface area contributed by atoms with E-state index in [1.165, 1.54) is 11.8 Å². The SMILES string of the molecule is CCOC(=O)c1ccc(NC(=O)CN(C(C)=O)c2ccccc2C#N)cc1. The molecule has 0 spiro atoms. The lowest BCUT2D eigenvalue weighted by atomic mass is 10.1. The quantitative estimate of drug-likeness (QED) is 0.794. The molecule has 7 heteroatoms. The zero-order valence-corrected chi connectivity index (χ0v) is 15.1. The summed E-state index contributed by atoms with van der Waals surface area (Å²) in [4.78, 5) is 37.2. The maximum atomic E-state index is 12.3. The Labute approximate surface area is 157 Å². The number of carbonyl (C=O) groups excluding carboxylic acids is 3. The molecule has 0 saturated carbocycles. The molecule has 1 N–H and O–H groups in total. The van der Waals surface area contributed by atoms with Gasteiger partial charge in [0.1, 0.15) is 12.6 Å². The Kier molecular flexibility index (Phi) is 6.67. The Morgan fingerprint density at radius 1 is 1.11 bits per heavy atom. The highest BCUT2D eigenvalue weighted by molar-refractivity contribution is 6.02. The van der Waals surface area contributed by atoms with Crippen molar-refractivity contribution in [1.82, 2.24) is 0 Å². The number of anilines is 2. The van der Waals surface area contributed by atoms with Gasteiger partial charge in [0.2, 0.25) is 11.8 Å². The second-order valence-electron chi connectivity index (χ2n) is 5.58. The molecule has 0 fully saturated rings. The van der Waals surface area contributed by atoms with Crippen molar-refractivity contribution in [2.24, 2.45) is 0 Å². The lowest BCUT2D eigenvalue weighted by Gasteiger charge is -2.21. The third-order valence-corrected chi connectivity index (χ3v) is 3.68. The average molecular weight is 365 g/mol. The smallest absolute Gasteiger partial charge is 0.338 e. The van der Waals surface area contributed by atoms with E-state index in [1.807, 2.05) is 6.07 Å². The topological polar surface area (TPSA) is 99.5 Å². The molecule has 0 aliphatic rings. The second-order valence-corrected chi connectivity index (χ2v) is 5.58. The largest absolute Gasteiger partial charge is 0.462 e. The van der Waals surface area contributed by atoms with Crippen LogP contribution in [-0.4, -0.2) is 30.9 Å². The number of nitrogens with one attached hydrogen (secondary N) is 1.